The lowest BCUT2D eigenvalue weighted by molar-refractivity contribution is 0.195. The van der Waals surface area contributed by atoms with Gasteiger partial charge < -0.3 is 4.90 Å². The monoisotopic (exact) mass is 298 g/mol. The van der Waals surface area contributed by atoms with Crippen molar-refractivity contribution in [2.75, 3.05) is 24.5 Å². The summed E-state index contributed by atoms with van der Waals surface area (Å²) in [5, 5.41) is 1.29. The molecule has 104 valence electrons. The van der Waals surface area contributed by atoms with Crippen LogP contribution in [0.5, 0.6) is 0 Å². The Morgan fingerprint density at radius 3 is 2.79 bits per heavy atom. The van der Waals surface area contributed by atoms with Crippen molar-refractivity contribution in [3.05, 3.63) is 28.2 Å². The standard InChI is InChI=1S/C15H20Cl2N2/c1-2-11-9-18-7-3-4-13(18)10-19(11)12-5-6-14(16)15(17)8-12/h5-6,8,11,13H,2-4,7,9-10H2,1H3. The van der Waals surface area contributed by atoms with Crippen LogP contribution in [0, 0.1) is 0 Å². The summed E-state index contributed by atoms with van der Waals surface area (Å²) in [4.78, 5) is 5.18. The smallest absolute Gasteiger partial charge is 0.0612 e. The molecule has 0 aliphatic carbocycles. The van der Waals surface area contributed by atoms with Crippen LogP contribution < -0.4 is 4.90 Å². The van der Waals surface area contributed by atoms with Gasteiger partial charge in [-0.05, 0) is 44.0 Å². The van der Waals surface area contributed by atoms with Crippen LogP contribution in [0.4, 0.5) is 5.69 Å². The lowest BCUT2D eigenvalue weighted by Crippen LogP contribution is -2.56. The minimum absolute atomic E-state index is 0.589. The molecular weight excluding hydrogens is 279 g/mol. The molecule has 1 aromatic rings. The summed E-state index contributed by atoms with van der Waals surface area (Å²) < 4.78 is 0. The molecule has 0 spiro atoms. The minimum atomic E-state index is 0.589. The van der Waals surface area contributed by atoms with E-state index in [-0.39, 0.29) is 0 Å². The molecule has 0 N–H and O–H groups in total. The number of anilines is 1. The molecule has 0 radical (unpaired) electrons. The molecule has 3 rings (SSSR count). The molecule has 0 aromatic heterocycles. The number of benzene rings is 1. The fraction of sp³-hybridized carbons (Fsp3) is 0.600. The summed E-state index contributed by atoms with van der Waals surface area (Å²) in [5.74, 6) is 0. The third-order valence-electron chi connectivity index (χ3n) is 4.50. The highest BCUT2D eigenvalue weighted by Crippen LogP contribution is 2.33. The highest BCUT2D eigenvalue weighted by molar-refractivity contribution is 6.42. The summed E-state index contributed by atoms with van der Waals surface area (Å²) in [5.41, 5.74) is 1.22. The quantitative estimate of drug-likeness (QED) is 0.812. The minimum Gasteiger partial charge on any atom is -0.366 e. The van der Waals surface area contributed by atoms with Crippen LogP contribution in [-0.2, 0) is 0 Å². The first-order valence-corrected chi connectivity index (χ1v) is 7.90. The van der Waals surface area contributed by atoms with E-state index in [1.165, 1.54) is 38.0 Å². The van der Waals surface area contributed by atoms with Gasteiger partial charge >= 0.3 is 0 Å². The molecule has 2 aliphatic rings. The predicted molar refractivity (Wildman–Crippen MR) is 82.5 cm³/mol. The molecule has 2 atom stereocenters. The van der Waals surface area contributed by atoms with Crippen LogP contribution in [0.3, 0.4) is 0 Å². The van der Waals surface area contributed by atoms with E-state index < -0.39 is 0 Å². The first-order chi connectivity index (χ1) is 9.19. The number of rotatable bonds is 2. The van der Waals surface area contributed by atoms with Crippen LogP contribution in [0.1, 0.15) is 26.2 Å². The second-order valence-electron chi connectivity index (χ2n) is 5.60. The van der Waals surface area contributed by atoms with Gasteiger partial charge in [0.15, 0.2) is 0 Å². The molecule has 0 bridgehead atoms. The normalized spacial score (nSPS) is 27.6. The molecule has 2 saturated heterocycles. The second-order valence-corrected chi connectivity index (χ2v) is 6.42. The fourth-order valence-corrected chi connectivity index (χ4v) is 3.71. The number of hydrogen-bond acceptors (Lipinski definition) is 2. The maximum absolute atomic E-state index is 6.17. The van der Waals surface area contributed by atoms with Gasteiger partial charge in [0.25, 0.3) is 0 Å². The Bertz CT molecular complexity index is 463. The SMILES string of the molecule is CCC1CN2CCCC2CN1c1ccc(Cl)c(Cl)c1. The van der Waals surface area contributed by atoms with Crippen molar-refractivity contribution in [1.82, 2.24) is 4.90 Å². The molecule has 19 heavy (non-hydrogen) atoms. The third-order valence-corrected chi connectivity index (χ3v) is 5.24. The predicted octanol–water partition coefficient (Wildman–Crippen LogP) is 4.06. The zero-order valence-corrected chi connectivity index (χ0v) is 12.8. The number of piperazine rings is 1. The maximum Gasteiger partial charge on any atom is 0.0612 e. The van der Waals surface area contributed by atoms with Crippen molar-refractivity contribution in [3.8, 4) is 0 Å². The molecule has 2 unspecified atom stereocenters. The van der Waals surface area contributed by atoms with Crippen LogP contribution in [0.15, 0.2) is 18.2 Å². The van der Waals surface area contributed by atoms with Gasteiger partial charge in [0.1, 0.15) is 0 Å². The van der Waals surface area contributed by atoms with E-state index in [1.54, 1.807) is 0 Å². The first-order valence-electron chi connectivity index (χ1n) is 7.14. The number of halogens is 2. The fourth-order valence-electron chi connectivity index (χ4n) is 3.42. The molecule has 2 aliphatic heterocycles. The highest BCUT2D eigenvalue weighted by Gasteiger charge is 2.35. The van der Waals surface area contributed by atoms with Crippen molar-refractivity contribution >= 4 is 28.9 Å². The summed E-state index contributed by atoms with van der Waals surface area (Å²) in [6.45, 7) is 5.85. The van der Waals surface area contributed by atoms with Gasteiger partial charge in [-0.25, -0.2) is 0 Å². The lowest BCUT2D eigenvalue weighted by atomic mass is 10.0. The van der Waals surface area contributed by atoms with E-state index in [9.17, 15) is 0 Å². The number of hydrogen-bond donors (Lipinski definition) is 0. The summed E-state index contributed by atoms with van der Waals surface area (Å²) in [7, 11) is 0. The number of nitrogens with zero attached hydrogens (tertiary/aromatic N) is 2. The van der Waals surface area contributed by atoms with Crippen LogP contribution in [0.2, 0.25) is 10.0 Å². The molecule has 2 heterocycles. The molecule has 2 nitrogen and oxygen atoms in total. The van der Waals surface area contributed by atoms with Crippen molar-refractivity contribution < 1.29 is 0 Å². The van der Waals surface area contributed by atoms with E-state index in [4.69, 9.17) is 23.2 Å². The second kappa shape index (κ2) is 5.51. The summed E-state index contributed by atoms with van der Waals surface area (Å²) in [6, 6.07) is 7.33. The Labute approximate surface area is 125 Å². The third kappa shape index (κ3) is 2.58. The van der Waals surface area contributed by atoms with Crippen LogP contribution in [0.25, 0.3) is 0 Å². The topological polar surface area (TPSA) is 6.48 Å². The maximum atomic E-state index is 6.17. The van der Waals surface area contributed by atoms with Crippen LogP contribution >= 0.6 is 23.2 Å². The molecule has 0 saturated carbocycles. The van der Waals surface area contributed by atoms with E-state index in [0.29, 0.717) is 16.1 Å². The van der Waals surface area contributed by atoms with Gasteiger partial charge in [0.05, 0.1) is 10.0 Å². The van der Waals surface area contributed by atoms with Gasteiger partial charge in [-0.3, -0.25) is 4.90 Å². The van der Waals surface area contributed by atoms with E-state index >= 15 is 0 Å². The molecule has 1 aromatic carbocycles. The molecule has 0 amide bonds. The average Bonchev–Trinajstić information content (AvgIpc) is 2.87. The molecule has 2 fully saturated rings. The van der Waals surface area contributed by atoms with Gasteiger partial charge in [-0.1, -0.05) is 30.1 Å². The van der Waals surface area contributed by atoms with Crippen molar-refractivity contribution in [3.63, 3.8) is 0 Å². The van der Waals surface area contributed by atoms with E-state index in [2.05, 4.69) is 22.8 Å². The Hall–Kier alpha value is -0.440. The largest absolute Gasteiger partial charge is 0.366 e. The number of fused-ring (bicyclic) bond motifs is 1. The zero-order valence-electron chi connectivity index (χ0n) is 11.3. The van der Waals surface area contributed by atoms with Gasteiger partial charge in [0.2, 0.25) is 0 Å². The van der Waals surface area contributed by atoms with Gasteiger partial charge in [-0.15, -0.1) is 0 Å². The Balaban J connectivity index is 1.86. The average molecular weight is 299 g/mol. The first kappa shape index (κ1) is 13.5. The molecular formula is C15H20Cl2N2. The Kier molecular flexibility index (Phi) is 3.93. The van der Waals surface area contributed by atoms with Crippen LogP contribution in [-0.4, -0.2) is 36.6 Å². The van der Waals surface area contributed by atoms with Gasteiger partial charge in [-0.2, -0.15) is 0 Å². The Morgan fingerprint density at radius 1 is 1.21 bits per heavy atom. The summed E-state index contributed by atoms with van der Waals surface area (Å²) in [6.07, 6.45) is 3.84. The Morgan fingerprint density at radius 2 is 2.05 bits per heavy atom. The molecule has 4 heteroatoms. The summed E-state index contributed by atoms with van der Waals surface area (Å²) >= 11 is 12.2. The van der Waals surface area contributed by atoms with Gasteiger partial charge in [0, 0.05) is 30.9 Å². The zero-order chi connectivity index (χ0) is 13.4. The van der Waals surface area contributed by atoms with Crippen molar-refractivity contribution in [2.45, 2.75) is 38.3 Å². The van der Waals surface area contributed by atoms with E-state index in [0.717, 1.165) is 12.6 Å². The van der Waals surface area contributed by atoms with Crippen molar-refractivity contribution in [2.24, 2.45) is 0 Å². The van der Waals surface area contributed by atoms with Crippen molar-refractivity contribution in [1.29, 1.82) is 0 Å². The lowest BCUT2D eigenvalue weighted by Gasteiger charge is -2.45. The highest BCUT2D eigenvalue weighted by atomic mass is 35.5. The van der Waals surface area contributed by atoms with E-state index in [1.807, 2.05) is 12.1 Å².